The highest BCUT2D eigenvalue weighted by atomic mass is 16.4. The molecule has 0 saturated heterocycles. The van der Waals surface area contributed by atoms with E-state index < -0.39 is 0 Å². The van der Waals surface area contributed by atoms with Crippen LogP contribution >= 0.6 is 0 Å². The van der Waals surface area contributed by atoms with E-state index in [4.69, 9.17) is 10.2 Å². The van der Waals surface area contributed by atoms with Gasteiger partial charge in [-0.05, 0) is 6.42 Å². The Morgan fingerprint density at radius 2 is 2.00 bits per heavy atom. The lowest BCUT2D eigenvalue weighted by Crippen LogP contribution is -1.85. The highest BCUT2D eigenvalue weighted by Crippen LogP contribution is 2.25. The second-order valence-electron chi connectivity index (χ2n) is 3.44. The van der Waals surface area contributed by atoms with E-state index in [2.05, 4.69) is 11.9 Å². The lowest BCUT2D eigenvalue weighted by molar-refractivity contribution is 0.520. The van der Waals surface area contributed by atoms with E-state index in [0.29, 0.717) is 0 Å². The van der Waals surface area contributed by atoms with Crippen molar-refractivity contribution in [3.63, 3.8) is 0 Å². The number of oxazole rings is 1. The highest BCUT2D eigenvalue weighted by molar-refractivity contribution is 5.62. The summed E-state index contributed by atoms with van der Waals surface area (Å²) in [6.07, 6.45) is 1.89. The molecular weight excluding hydrogens is 188 g/mol. The molecule has 15 heavy (non-hydrogen) atoms. The molecule has 0 saturated carbocycles. The van der Waals surface area contributed by atoms with Crippen LogP contribution in [0.2, 0.25) is 0 Å². The molecule has 2 rings (SSSR count). The number of rotatable bonds is 3. The summed E-state index contributed by atoms with van der Waals surface area (Å²) >= 11 is 0. The van der Waals surface area contributed by atoms with Gasteiger partial charge in [0.1, 0.15) is 11.5 Å². The maximum atomic E-state index is 5.57. The molecule has 78 valence electrons. The van der Waals surface area contributed by atoms with Crippen molar-refractivity contribution in [3.8, 4) is 11.3 Å². The molecule has 0 amide bonds. The normalized spacial score (nSPS) is 10.5. The SMILES string of the molecule is CCCc1oc(N)nc1-c1ccccc1. The first kappa shape index (κ1) is 9.77. The molecule has 0 atom stereocenters. The summed E-state index contributed by atoms with van der Waals surface area (Å²) < 4.78 is 5.38. The third kappa shape index (κ3) is 2.01. The highest BCUT2D eigenvalue weighted by Gasteiger charge is 2.11. The van der Waals surface area contributed by atoms with Crippen LogP contribution in [-0.4, -0.2) is 4.98 Å². The first-order valence-electron chi connectivity index (χ1n) is 5.12. The van der Waals surface area contributed by atoms with Gasteiger partial charge in [-0.25, -0.2) is 0 Å². The summed E-state index contributed by atoms with van der Waals surface area (Å²) in [5.41, 5.74) is 7.50. The molecule has 3 heteroatoms. The second kappa shape index (κ2) is 4.17. The molecule has 1 aromatic carbocycles. The first-order valence-corrected chi connectivity index (χ1v) is 5.12. The lowest BCUT2D eigenvalue weighted by atomic mass is 10.1. The van der Waals surface area contributed by atoms with Crippen LogP contribution in [0.5, 0.6) is 0 Å². The maximum absolute atomic E-state index is 5.57. The standard InChI is InChI=1S/C12H14N2O/c1-2-6-10-11(14-12(13)15-10)9-7-4-3-5-8-9/h3-5,7-8H,2,6H2,1H3,(H2,13,14). The Hall–Kier alpha value is -1.77. The Morgan fingerprint density at radius 3 is 2.67 bits per heavy atom. The van der Waals surface area contributed by atoms with Crippen molar-refractivity contribution < 1.29 is 4.42 Å². The summed E-state index contributed by atoms with van der Waals surface area (Å²) in [6.45, 7) is 2.10. The van der Waals surface area contributed by atoms with Crippen molar-refractivity contribution in [3.05, 3.63) is 36.1 Å². The first-order chi connectivity index (χ1) is 7.31. The minimum atomic E-state index is 0.248. The fourth-order valence-corrected chi connectivity index (χ4v) is 1.59. The number of aryl methyl sites for hydroxylation is 1. The minimum Gasteiger partial charge on any atom is -0.428 e. The molecule has 3 nitrogen and oxygen atoms in total. The predicted octanol–water partition coefficient (Wildman–Crippen LogP) is 2.88. The van der Waals surface area contributed by atoms with E-state index in [1.807, 2.05) is 30.3 Å². The average Bonchev–Trinajstić information content (AvgIpc) is 2.62. The lowest BCUT2D eigenvalue weighted by Gasteiger charge is -1.98. The Bertz CT molecular complexity index is 434. The second-order valence-corrected chi connectivity index (χ2v) is 3.44. The molecule has 0 spiro atoms. The summed E-state index contributed by atoms with van der Waals surface area (Å²) in [7, 11) is 0. The van der Waals surface area contributed by atoms with E-state index in [9.17, 15) is 0 Å². The third-order valence-electron chi connectivity index (χ3n) is 2.24. The van der Waals surface area contributed by atoms with E-state index >= 15 is 0 Å². The van der Waals surface area contributed by atoms with E-state index in [1.54, 1.807) is 0 Å². The molecule has 0 bridgehead atoms. The molecule has 2 N–H and O–H groups in total. The molecule has 0 aliphatic rings. The summed E-state index contributed by atoms with van der Waals surface area (Å²) in [6, 6.07) is 10.2. The molecule has 0 aliphatic carbocycles. The van der Waals surface area contributed by atoms with Gasteiger partial charge >= 0.3 is 0 Å². The molecule has 0 unspecified atom stereocenters. The van der Waals surface area contributed by atoms with Crippen LogP contribution in [0, 0.1) is 0 Å². The van der Waals surface area contributed by atoms with Gasteiger partial charge in [0.15, 0.2) is 0 Å². The summed E-state index contributed by atoms with van der Waals surface area (Å²) in [4.78, 5) is 4.21. The smallest absolute Gasteiger partial charge is 0.292 e. The van der Waals surface area contributed by atoms with Gasteiger partial charge in [-0.2, -0.15) is 4.98 Å². The van der Waals surface area contributed by atoms with E-state index in [-0.39, 0.29) is 6.01 Å². The van der Waals surface area contributed by atoms with Crippen molar-refractivity contribution >= 4 is 6.01 Å². The topological polar surface area (TPSA) is 52.0 Å². The number of aromatic nitrogens is 1. The molecule has 0 aliphatic heterocycles. The largest absolute Gasteiger partial charge is 0.428 e. The quantitative estimate of drug-likeness (QED) is 0.832. The van der Waals surface area contributed by atoms with Gasteiger partial charge in [0.25, 0.3) is 6.01 Å². The fourth-order valence-electron chi connectivity index (χ4n) is 1.59. The zero-order valence-corrected chi connectivity index (χ0v) is 8.73. The van der Waals surface area contributed by atoms with Crippen molar-refractivity contribution in [1.29, 1.82) is 0 Å². The molecule has 1 aromatic heterocycles. The average molecular weight is 202 g/mol. The van der Waals surface area contributed by atoms with Crippen molar-refractivity contribution in [2.24, 2.45) is 0 Å². The Labute approximate surface area is 88.9 Å². The maximum Gasteiger partial charge on any atom is 0.292 e. The number of hydrogen-bond donors (Lipinski definition) is 1. The van der Waals surface area contributed by atoms with Gasteiger partial charge in [0, 0.05) is 12.0 Å². The zero-order chi connectivity index (χ0) is 10.7. The van der Waals surface area contributed by atoms with Crippen LogP contribution < -0.4 is 5.73 Å². The number of nitrogen functional groups attached to an aromatic ring is 1. The van der Waals surface area contributed by atoms with Crippen molar-refractivity contribution in [1.82, 2.24) is 4.98 Å². The molecule has 0 fully saturated rings. The van der Waals surface area contributed by atoms with Gasteiger partial charge < -0.3 is 10.2 Å². The third-order valence-corrected chi connectivity index (χ3v) is 2.24. The molecular formula is C12H14N2O. The van der Waals surface area contributed by atoms with Crippen LogP contribution in [0.1, 0.15) is 19.1 Å². The summed E-state index contributed by atoms with van der Waals surface area (Å²) in [5.74, 6) is 0.876. The van der Waals surface area contributed by atoms with E-state index in [1.165, 1.54) is 0 Å². The zero-order valence-electron chi connectivity index (χ0n) is 8.73. The van der Waals surface area contributed by atoms with Gasteiger partial charge in [-0.15, -0.1) is 0 Å². The molecule has 2 aromatic rings. The molecule has 0 radical (unpaired) electrons. The van der Waals surface area contributed by atoms with E-state index in [0.717, 1.165) is 29.9 Å². The number of anilines is 1. The van der Waals surface area contributed by atoms with Crippen molar-refractivity contribution in [2.45, 2.75) is 19.8 Å². The number of benzene rings is 1. The van der Waals surface area contributed by atoms with Gasteiger partial charge in [-0.3, -0.25) is 0 Å². The van der Waals surface area contributed by atoms with Crippen LogP contribution in [-0.2, 0) is 6.42 Å². The number of hydrogen-bond acceptors (Lipinski definition) is 3. The van der Waals surface area contributed by atoms with Gasteiger partial charge in [-0.1, -0.05) is 37.3 Å². The Morgan fingerprint density at radius 1 is 1.27 bits per heavy atom. The van der Waals surface area contributed by atoms with Crippen LogP contribution in [0.3, 0.4) is 0 Å². The Kier molecular flexibility index (Phi) is 2.72. The number of nitrogens with two attached hydrogens (primary N) is 1. The fraction of sp³-hybridized carbons (Fsp3) is 0.250. The summed E-state index contributed by atoms with van der Waals surface area (Å²) in [5, 5.41) is 0. The monoisotopic (exact) mass is 202 g/mol. The van der Waals surface area contributed by atoms with Crippen LogP contribution in [0.15, 0.2) is 34.7 Å². The Balaban J connectivity index is 2.43. The van der Waals surface area contributed by atoms with Gasteiger partial charge in [0.2, 0.25) is 0 Å². The van der Waals surface area contributed by atoms with Gasteiger partial charge in [0.05, 0.1) is 0 Å². The number of nitrogens with zero attached hydrogens (tertiary/aromatic N) is 1. The van der Waals surface area contributed by atoms with Crippen LogP contribution in [0.4, 0.5) is 6.01 Å². The predicted molar refractivity (Wildman–Crippen MR) is 60.3 cm³/mol. The van der Waals surface area contributed by atoms with Crippen LogP contribution in [0.25, 0.3) is 11.3 Å². The van der Waals surface area contributed by atoms with Crippen molar-refractivity contribution in [2.75, 3.05) is 5.73 Å². The molecule has 1 heterocycles. The minimum absolute atomic E-state index is 0.248.